The number of phenolic OH excluding ortho intramolecular Hbond substituents is 1. The number of hydrogen-bond acceptors (Lipinski definition) is 4. The topological polar surface area (TPSA) is 83.6 Å². The molecule has 3 aromatic carbocycles. The number of aromatic amines is 1. The van der Waals surface area contributed by atoms with Crippen LogP contribution in [-0.4, -0.2) is 28.6 Å². The number of H-pyrrole nitrogens is 1. The van der Waals surface area contributed by atoms with E-state index in [1.54, 1.807) is 19.1 Å². The average molecular weight is 431 g/mol. The van der Waals surface area contributed by atoms with Gasteiger partial charge in [-0.1, -0.05) is 30.3 Å². The van der Waals surface area contributed by atoms with Crippen LogP contribution in [0, 0.1) is 0 Å². The molecular weight excluding hydrogens is 404 g/mol. The van der Waals surface area contributed by atoms with E-state index in [9.17, 15) is 9.90 Å². The van der Waals surface area contributed by atoms with Crippen molar-refractivity contribution in [2.75, 3.05) is 6.54 Å². The van der Waals surface area contributed by atoms with Crippen molar-refractivity contribution in [3.05, 3.63) is 90.1 Å². The Hall–Kier alpha value is -3.93. The van der Waals surface area contributed by atoms with E-state index in [4.69, 9.17) is 9.47 Å². The van der Waals surface area contributed by atoms with E-state index in [2.05, 4.69) is 10.3 Å². The van der Waals surface area contributed by atoms with E-state index in [0.29, 0.717) is 25.3 Å². The Morgan fingerprint density at radius 3 is 2.56 bits per heavy atom. The third kappa shape index (κ3) is 5.40. The predicted octanol–water partition coefficient (Wildman–Crippen LogP) is 4.58. The molecule has 1 aromatic heterocycles. The summed E-state index contributed by atoms with van der Waals surface area (Å²) in [6.45, 7) is 2.72. The van der Waals surface area contributed by atoms with Gasteiger partial charge in [-0.2, -0.15) is 0 Å². The number of rotatable bonds is 9. The van der Waals surface area contributed by atoms with Gasteiger partial charge in [0, 0.05) is 29.7 Å². The zero-order valence-corrected chi connectivity index (χ0v) is 17.9. The molecule has 164 valence electrons. The lowest BCUT2D eigenvalue weighted by Crippen LogP contribution is -2.37. The van der Waals surface area contributed by atoms with Crippen molar-refractivity contribution in [3.63, 3.8) is 0 Å². The number of phenols is 1. The summed E-state index contributed by atoms with van der Waals surface area (Å²) in [5.74, 6) is 1.31. The van der Waals surface area contributed by atoms with Gasteiger partial charge in [-0.25, -0.2) is 0 Å². The summed E-state index contributed by atoms with van der Waals surface area (Å²) in [5.41, 5.74) is 3.25. The molecule has 4 aromatic rings. The third-order valence-electron chi connectivity index (χ3n) is 5.20. The molecule has 1 amide bonds. The number of nitrogens with one attached hydrogen (secondary N) is 2. The summed E-state index contributed by atoms with van der Waals surface area (Å²) in [4.78, 5) is 15.6. The van der Waals surface area contributed by atoms with Crippen molar-refractivity contribution in [2.45, 2.75) is 26.1 Å². The fourth-order valence-electron chi connectivity index (χ4n) is 3.45. The SMILES string of the molecule is CC(Oc1ccc(O)cc1)C(=O)NCCc1c[nH]c2cc(OCc3ccccc3)ccc12. The lowest BCUT2D eigenvalue weighted by Gasteiger charge is -2.14. The quantitative estimate of drug-likeness (QED) is 0.363. The Morgan fingerprint density at radius 2 is 1.78 bits per heavy atom. The molecule has 0 bridgehead atoms. The second-order valence-electron chi connectivity index (χ2n) is 7.59. The van der Waals surface area contributed by atoms with Crippen LogP contribution >= 0.6 is 0 Å². The highest BCUT2D eigenvalue weighted by atomic mass is 16.5. The lowest BCUT2D eigenvalue weighted by molar-refractivity contribution is -0.127. The number of carbonyl (C=O) groups excluding carboxylic acids is 1. The zero-order chi connectivity index (χ0) is 22.3. The van der Waals surface area contributed by atoms with Crippen LogP contribution < -0.4 is 14.8 Å². The molecule has 6 heteroatoms. The molecular formula is C26H26N2O4. The number of benzene rings is 3. The molecule has 32 heavy (non-hydrogen) atoms. The Labute approximate surface area is 186 Å². The van der Waals surface area contributed by atoms with Gasteiger partial charge < -0.3 is 24.9 Å². The summed E-state index contributed by atoms with van der Waals surface area (Å²) in [6.07, 6.45) is 2.03. The molecule has 1 atom stereocenters. The van der Waals surface area contributed by atoms with Gasteiger partial charge in [0.1, 0.15) is 23.9 Å². The molecule has 0 spiro atoms. The Morgan fingerprint density at radius 1 is 1.03 bits per heavy atom. The van der Waals surface area contributed by atoms with E-state index < -0.39 is 6.10 Å². The fourth-order valence-corrected chi connectivity index (χ4v) is 3.45. The molecule has 3 N–H and O–H groups in total. The number of fused-ring (bicyclic) bond motifs is 1. The maximum atomic E-state index is 12.3. The average Bonchev–Trinajstić information content (AvgIpc) is 3.22. The van der Waals surface area contributed by atoms with Gasteiger partial charge >= 0.3 is 0 Å². The first-order valence-electron chi connectivity index (χ1n) is 10.6. The molecule has 0 radical (unpaired) electrons. The van der Waals surface area contributed by atoms with Crippen LogP contribution in [0.5, 0.6) is 17.2 Å². The van der Waals surface area contributed by atoms with E-state index in [1.165, 1.54) is 12.1 Å². The molecule has 1 unspecified atom stereocenters. The molecule has 4 rings (SSSR count). The number of aromatic hydroxyl groups is 1. The first kappa shape index (κ1) is 21.3. The summed E-state index contributed by atoms with van der Waals surface area (Å²) in [5, 5.41) is 13.4. The standard InChI is InChI=1S/C26H26N2O4/c1-18(32-22-9-7-21(29)8-10-22)26(30)27-14-13-20-16-28-25-15-23(11-12-24(20)25)31-17-19-5-3-2-4-6-19/h2-12,15-16,18,28-29H,13-14,17H2,1H3,(H,27,30). The summed E-state index contributed by atoms with van der Waals surface area (Å²) in [6, 6.07) is 22.4. The maximum Gasteiger partial charge on any atom is 0.260 e. The van der Waals surface area contributed by atoms with Gasteiger partial charge in [-0.05, 0) is 60.9 Å². The Bertz CT molecular complexity index is 1170. The van der Waals surface area contributed by atoms with Crippen LogP contribution in [0.1, 0.15) is 18.1 Å². The van der Waals surface area contributed by atoms with E-state index in [1.807, 2.05) is 54.7 Å². The van der Waals surface area contributed by atoms with E-state index in [0.717, 1.165) is 27.8 Å². The normalized spacial score (nSPS) is 11.8. The Kier molecular flexibility index (Phi) is 6.60. The zero-order valence-electron chi connectivity index (χ0n) is 17.9. The van der Waals surface area contributed by atoms with Crippen molar-refractivity contribution in [1.29, 1.82) is 0 Å². The number of ether oxygens (including phenoxy) is 2. The lowest BCUT2D eigenvalue weighted by atomic mass is 10.1. The molecule has 1 heterocycles. The summed E-state index contributed by atoms with van der Waals surface area (Å²) in [7, 11) is 0. The molecule has 0 saturated heterocycles. The van der Waals surface area contributed by atoms with Gasteiger partial charge in [-0.3, -0.25) is 4.79 Å². The molecule has 0 fully saturated rings. The minimum Gasteiger partial charge on any atom is -0.508 e. The maximum absolute atomic E-state index is 12.3. The van der Waals surface area contributed by atoms with E-state index in [-0.39, 0.29) is 11.7 Å². The fraction of sp³-hybridized carbons (Fsp3) is 0.192. The minimum absolute atomic E-state index is 0.156. The second-order valence-corrected chi connectivity index (χ2v) is 7.59. The molecule has 0 saturated carbocycles. The van der Waals surface area contributed by atoms with Crippen LogP contribution in [0.3, 0.4) is 0 Å². The summed E-state index contributed by atoms with van der Waals surface area (Å²) >= 11 is 0. The van der Waals surface area contributed by atoms with Crippen molar-refractivity contribution < 1.29 is 19.4 Å². The third-order valence-corrected chi connectivity index (χ3v) is 5.20. The molecule has 0 aliphatic heterocycles. The largest absolute Gasteiger partial charge is 0.508 e. The molecule has 0 aliphatic carbocycles. The van der Waals surface area contributed by atoms with Gasteiger partial charge in [0.2, 0.25) is 0 Å². The van der Waals surface area contributed by atoms with Gasteiger partial charge in [0.25, 0.3) is 5.91 Å². The van der Waals surface area contributed by atoms with Crippen molar-refractivity contribution in [3.8, 4) is 17.2 Å². The Balaban J connectivity index is 1.28. The van der Waals surface area contributed by atoms with Crippen LogP contribution in [0.4, 0.5) is 0 Å². The highest BCUT2D eigenvalue weighted by Crippen LogP contribution is 2.24. The second kappa shape index (κ2) is 9.92. The van der Waals surface area contributed by atoms with Crippen LogP contribution in [0.25, 0.3) is 10.9 Å². The van der Waals surface area contributed by atoms with Gasteiger partial charge in [0.15, 0.2) is 6.10 Å². The number of amides is 1. The van der Waals surface area contributed by atoms with Crippen molar-refractivity contribution in [1.82, 2.24) is 10.3 Å². The smallest absolute Gasteiger partial charge is 0.260 e. The number of aromatic nitrogens is 1. The first-order chi connectivity index (χ1) is 15.6. The number of hydrogen-bond donors (Lipinski definition) is 3. The van der Waals surface area contributed by atoms with Crippen LogP contribution in [0.15, 0.2) is 79.0 Å². The van der Waals surface area contributed by atoms with Gasteiger partial charge in [-0.15, -0.1) is 0 Å². The van der Waals surface area contributed by atoms with E-state index >= 15 is 0 Å². The van der Waals surface area contributed by atoms with Gasteiger partial charge in [0.05, 0.1) is 0 Å². The van der Waals surface area contributed by atoms with Crippen molar-refractivity contribution in [2.24, 2.45) is 0 Å². The highest BCUT2D eigenvalue weighted by Gasteiger charge is 2.14. The first-order valence-corrected chi connectivity index (χ1v) is 10.6. The predicted molar refractivity (Wildman–Crippen MR) is 124 cm³/mol. The number of carbonyl (C=O) groups is 1. The monoisotopic (exact) mass is 430 g/mol. The molecule has 0 aliphatic rings. The minimum atomic E-state index is -0.633. The highest BCUT2D eigenvalue weighted by molar-refractivity contribution is 5.85. The van der Waals surface area contributed by atoms with Crippen LogP contribution in [0.2, 0.25) is 0 Å². The molecule has 6 nitrogen and oxygen atoms in total. The van der Waals surface area contributed by atoms with Crippen molar-refractivity contribution >= 4 is 16.8 Å². The summed E-state index contributed by atoms with van der Waals surface area (Å²) < 4.78 is 11.5. The van der Waals surface area contributed by atoms with Crippen LogP contribution in [-0.2, 0) is 17.8 Å².